The highest BCUT2D eigenvalue weighted by molar-refractivity contribution is 5.80. The molecule has 1 rings (SSSR count). The van der Waals surface area contributed by atoms with E-state index in [2.05, 4.69) is 13.8 Å². The molecule has 0 amide bonds. The van der Waals surface area contributed by atoms with Crippen LogP contribution in [0.2, 0.25) is 0 Å². The van der Waals surface area contributed by atoms with E-state index in [0.717, 1.165) is 12.8 Å². The largest absolute Gasteiger partial charge is 0.480 e. The van der Waals surface area contributed by atoms with Gasteiger partial charge in [0.2, 0.25) is 0 Å². The summed E-state index contributed by atoms with van der Waals surface area (Å²) in [6, 6.07) is 0. The summed E-state index contributed by atoms with van der Waals surface area (Å²) in [4.78, 5) is 10.8. The molecule has 0 heterocycles. The molecule has 0 aliphatic heterocycles. The lowest BCUT2D eigenvalue weighted by Crippen LogP contribution is -2.61. The van der Waals surface area contributed by atoms with Gasteiger partial charge in [0.05, 0.1) is 0 Å². The molecular weight excluding hydrogens is 154 g/mol. The van der Waals surface area contributed by atoms with Crippen molar-refractivity contribution in [3.8, 4) is 0 Å². The van der Waals surface area contributed by atoms with Crippen LogP contribution in [0.4, 0.5) is 0 Å². The van der Waals surface area contributed by atoms with Gasteiger partial charge in [-0.15, -0.1) is 0 Å². The molecule has 0 aromatic carbocycles. The van der Waals surface area contributed by atoms with E-state index < -0.39 is 11.5 Å². The zero-order chi connectivity index (χ0) is 9.35. The molecule has 1 fully saturated rings. The lowest BCUT2D eigenvalue weighted by molar-refractivity contribution is -0.151. The van der Waals surface area contributed by atoms with Crippen molar-refractivity contribution in [3.63, 3.8) is 0 Å². The second-order valence-electron chi connectivity index (χ2n) is 4.21. The predicted molar refractivity (Wildman–Crippen MR) is 46.7 cm³/mol. The molecule has 0 aromatic heterocycles. The molecule has 0 unspecified atom stereocenters. The molecule has 1 aliphatic carbocycles. The van der Waals surface area contributed by atoms with Crippen LogP contribution < -0.4 is 5.73 Å². The van der Waals surface area contributed by atoms with Gasteiger partial charge >= 0.3 is 5.97 Å². The average Bonchev–Trinajstić information content (AvgIpc) is 1.96. The topological polar surface area (TPSA) is 63.3 Å². The van der Waals surface area contributed by atoms with Crippen molar-refractivity contribution in [2.75, 3.05) is 0 Å². The maximum absolute atomic E-state index is 10.8. The van der Waals surface area contributed by atoms with Crippen LogP contribution in [0.25, 0.3) is 0 Å². The van der Waals surface area contributed by atoms with Crippen LogP contribution in [0.5, 0.6) is 0 Å². The first-order valence-electron chi connectivity index (χ1n) is 4.49. The Labute approximate surface area is 72.9 Å². The number of nitrogens with two attached hydrogens (primary N) is 1. The summed E-state index contributed by atoms with van der Waals surface area (Å²) in [5.41, 5.74) is 4.83. The van der Waals surface area contributed by atoms with Crippen LogP contribution in [-0.4, -0.2) is 16.6 Å². The number of carbonyl (C=O) groups is 1. The van der Waals surface area contributed by atoms with Crippen LogP contribution in [0, 0.1) is 11.8 Å². The van der Waals surface area contributed by atoms with Gasteiger partial charge in [0, 0.05) is 0 Å². The highest BCUT2D eigenvalue weighted by Crippen LogP contribution is 2.40. The highest BCUT2D eigenvalue weighted by Gasteiger charge is 2.49. The van der Waals surface area contributed by atoms with Crippen LogP contribution >= 0.6 is 0 Å². The molecular formula is C9H17NO2. The molecule has 0 aromatic rings. The predicted octanol–water partition coefficient (Wildman–Crippen LogP) is 1.22. The molecule has 0 radical (unpaired) electrons. The summed E-state index contributed by atoms with van der Waals surface area (Å²) in [5.74, 6) is -0.105. The maximum Gasteiger partial charge on any atom is 0.323 e. The Bertz CT molecular complexity index is 191. The second kappa shape index (κ2) is 3.05. The Morgan fingerprint density at radius 1 is 1.75 bits per heavy atom. The highest BCUT2D eigenvalue weighted by atomic mass is 16.4. The summed E-state index contributed by atoms with van der Waals surface area (Å²) >= 11 is 0. The van der Waals surface area contributed by atoms with E-state index in [9.17, 15) is 4.79 Å². The maximum atomic E-state index is 10.8. The zero-order valence-electron chi connectivity index (χ0n) is 7.71. The van der Waals surface area contributed by atoms with Crippen molar-refractivity contribution in [1.82, 2.24) is 0 Å². The van der Waals surface area contributed by atoms with E-state index in [1.165, 1.54) is 0 Å². The number of carboxylic acids is 1. The fourth-order valence-electron chi connectivity index (χ4n) is 1.84. The van der Waals surface area contributed by atoms with E-state index in [1.807, 2.05) is 0 Å². The molecule has 3 N–H and O–H groups in total. The Morgan fingerprint density at radius 3 is 2.58 bits per heavy atom. The van der Waals surface area contributed by atoms with E-state index in [0.29, 0.717) is 12.3 Å². The first-order chi connectivity index (χ1) is 5.47. The van der Waals surface area contributed by atoms with E-state index in [1.54, 1.807) is 0 Å². The van der Waals surface area contributed by atoms with Crippen molar-refractivity contribution < 1.29 is 9.90 Å². The lowest BCUT2D eigenvalue weighted by atomic mass is 9.64. The molecule has 0 bridgehead atoms. The number of carboxylic acid groups (broad SMARTS) is 1. The van der Waals surface area contributed by atoms with Gasteiger partial charge in [-0.3, -0.25) is 4.79 Å². The Balaban J connectivity index is 2.53. The summed E-state index contributed by atoms with van der Waals surface area (Å²) in [6.45, 7) is 4.20. The van der Waals surface area contributed by atoms with Crippen molar-refractivity contribution in [1.29, 1.82) is 0 Å². The Kier molecular flexibility index (Phi) is 2.42. The fourth-order valence-corrected chi connectivity index (χ4v) is 1.84. The molecule has 70 valence electrons. The quantitative estimate of drug-likeness (QED) is 0.671. The molecule has 3 heteroatoms. The molecule has 2 atom stereocenters. The van der Waals surface area contributed by atoms with E-state index >= 15 is 0 Å². The lowest BCUT2D eigenvalue weighted by Gasteiger charge is -2.44. The standard InChI is InChI=1S/C9H17NO2/c1-6(2)5-7-3-4-9(7,10)8(11)12/h6-7H,3-5,10H2,1-2H3,(H,11,12)/t7-,9-/m1/s1. The van der Waals surface area contributed by atoms with Gasteiger partial charge in [-0.25, -0.2) is 0 Å². The smallest absolute Gasteiger partial charge is 0.323 e. The molecule has 0 spiro atoms. The van der Waals surface area contributed by atoms with Crippen LogP contribution in [-0.2, 0) is 4.79 Å². The third kappa shape index (κ3) is 1.46. The third-order valence-electron chi connectivity index (χ3n) is 2.79. The molecule has 1 saturated carbocycles. The molecule has 1 aliphatic rings. The summed E-state index contributed by atoms with van der Waals surface area (Å²) in [6.07, 6.45) is 2.55. The fraction of sp³-hybridized carbons (Fsp3) is 0.889. The van der Waals surface area contributed by atoms with Gasteiger partial charge in [0.25, 0.3) is 0 Å². The van der Waals surface area contributed by atoms with E-state index in [4.69, 9.17) is 10.8 Å². The molecule has 0 saturated heterocycles. The number of hydrogen-bond donors (Lipinski definition) is 2. The van der Waals surface area contributed by atoms with Gasteiger partial charge in [-0.05, 0) is 31.1 Å². The number of hydrogen-bond acceptors (Lipinski definition) is 2. The Hall–Kier alpha value is -0.570. The normalized spacial score (nSPS) is 34.8. The Morgan fingerprint density at radius 2 is 2.33 bits per heavy atom. The van der Waals surface area contributed by atoms with E-state index in [-0.39, 0.29) is 5.92 Å². The molecule has 12 heavy (non-hydrogen) atoms. The number of aliphatic carboxylic acids is 1. The van der Waals surface area contributed by atoms with Crippen molar-refractivity contribution in [3.05, 3.63) is 0 Å². The third-order valence-corrected chi connectivity index (χ3v) is 2.79. The van der Waals surface area contributed by atoms with Crippen LogP contribution in [0.15, 0.2) is 0 Å². The SMILES string of the molecule is CC(C)C[C@H]1CC[C@]1(N)C(=O)O. The van der Waals surface area contributed by atoms with Gasteiger partial charge in [0.15, 0.2) is 0 Å². The number of rotatable bonds is 3. The first kappa shape index (κ1) is 9.52. The monoisotopic (exact) mass is 171 g/mol. The van der Waals surface area contributed by atoms with Gasteiger partial charge in [-0.1, -0.05) is 13.8 Å². The van der Waals surface area contributed by atoms with Gasteiger partial charge in [0.1, 0.15) is 5.54 Å². The second-order valence-corrected chi connectivity index (χ2v) is 4.21. The summed E-state index contributed by atoms with van der Waals surface area (Å²) in [7, 11) is 0. The first-order valence-corrected chi connectivity index (χ1v) is 4.49. The summed E-state index contributed by atoms with van der Waals surface area (Å²) < 4.78 is 0. The van der Waals surface area contributed by atoms with Crippen molar-refractivity contribution in [2.45, 2.75) is 38.6 Å². The van der Waals surface area contributed by atoms with Crippen LogP contribution in [0.1, 0.15) is 33.1 Å². The minimum Gasteiger partial charge on any atom is -0.480 e. The minimum atomic E-state index is -0.912. The average molecular weight is 171 g/mol. The van der Waals surface area contributed by atoms with Crippen molar-refractivity contribution >= 4 is 5.97 Å². The summed E-state index contributed by atoms with van der Waals surface area (Å²) in [5, 5.41) is 8.85. The van der Waals surface area contributed by atoms with Gasteiger partial charge in [-0.2, -0.15) is 0 Å². The van der Waals surface area contributed by atoms with Crippen LogP contribution in [0.3, 0.4) is 0 Å². The minimum absolute atomic E-state index is 0.190. The van der Waals surface area contributed by atoms with Crippen molar-refractivity contribution in [2.24, 2.45) is 17.6 Å². The van der Waals surface area contributed by atoms with Gasteiger partial charge < -0.3 is 10.8 Å². The zero-order valence-corrected chi connectivity index (χ0v) is 7.71. The molecule has 3 nitrogen and oxygen atoms in total.